The molecule has 2 nitrogen and oxygen atoms in total. The van der Waals surface area contributed by atoms with Crippen molar-refractivity contribution < 1.29 is 0 Å². The molecule has 1 aromatic carbocycles. The number of benzene rings is 1. The molecule has 1 aromatic rings. The quantitative estimate of drug-likeness (QED) is 0.879. The van der Waals surface area contributed by atoms with Crippen LogP contribution in [-0.2, 0) is 6.42 Å². The van der Waals surface area contributed by atoms with Gasteiger partial charge in [-0.3, -0.25) is 0 Å². The normalized spacial score (nSPS) is 17.8. The largest absolute Gasteiger partial charge is 0.317 e. The third-order valence-corrected chi connectivity index (χ3v) is 3.80. The van der Waals surface area contributed by atoms with E-state index >= 15 is 0 Å². The van der Waals surface area contributed by atoms with Crippen molar-refractivity contribution in [1.82, 2.24) is 10.6 Å². The van der Waals surface area contributed by atoms with Gasteiger partial charge in [0.2, 0.25) is 0 Å². The summed E-state index contributed by atoms with van der Waals surface area (Å²) in [5, 5.41) is 7.73. The number of rotatable bonds is 3. The summed E-state index contributed by atoms with van der Waals surface area (Å²) in [6.07, 6.45) is 3.46. The standard InChI is InChI=1S/C13H19ClN2.C2H6/c1-15-13(6-8-16-9-7-13)10-11-2-4-12(14)5-3-11;1-2/h2-5,15-16H,6-10H2,1H3;1-2H3. The van der Waals surface area contributed by atoms with Gasteiger partial charge in [-0.25, -0.2) is 0 Å². The predicted molar refractivity (Wildman–Crippen MR) is 80.4 cm³/mol. The van der Waals surface area contributed by atoms with Gasteiger partial charge >= 0.3 is 0 Å². The second-order valence-corrected chi connectivity index (χ2v) is 5.02. The van der Waals surface area contributed by atoms with Gasteiger partial charge < -0.3 is 10.6 Å². The Bertz CT molecular complexity index is 329. The molecule has 1 saturated heterocycles. The monoisotopic (exact) mass is 268 g/mol. The van der Waals surface area contributed by atoms with Gasteiger partial charge in [0.25, 0.3) is 0 Å². The number of hydrogen-bond donors (Lipinski definition) is 2. The second kappa shape index (κ2) is 7.78. The Hall–Kier alpha value is -0.570. The molecule has 102 valence electrons. The lowest BCUT2D eigenvalue weighted by atomic mass is 9.82. The number of hydrogen-bond acceptors (Lipinski definition) is 2. The lowest BCUT2D eigenvalue weighted by Crippen LogP contribution is -2.52. The minimum absolute atomic E-state index is 0.263. The highest BCUT2D eigenvalue weighted by Gasteiger charge is 2.29. The molecule has 0 aliphatic carbocycles. The van der Waals surface area contributed by atoms with Crippen molar-refractivity contribution in [3.8, 4) is 0 Å². The van der Waals surface area contributed by atoms with Crippen LogP contribution in [-0.4, -0.2) is 25.7 Å². The molecule has 1 heterocycles. The first kappa shape index (κ1) is 15.5. The zero-order chi connectivity index (χ0) is 13.4. The van der Waals surface area contributed by atoms with Crippen molar-refractivity contribution in [1.29, 1.82) is 0 Å². The molecule has 2 N–H and O–H groups in total. The highest BCUT2D eigenvalue weighted by Crippen LogP contribution is 2.23. The van der Waals surface area contributed by atoms with Crippen LogP contribution in [0.3, 0.4) is 0 Å². The molecule has 1 aliphatic rings. The molecule has 1 aliphatic heterocycles. The van der Waals surface area contributed by atoms with Crippen molar-refractivity contribution in [2.75, 3.05) is 20.1 Å². The van der Waals surface area contributed by atoms with Crippen LogP contribution in [0.2, 0.25) is 5.02 Å². The Balaban J connectivity index is 0.000000771. The molecule has 0 atom stereocenters. The van der Waals surface area contributed by atoms with Crippen LogP contribution in [0.5, 0.6) is 0 Å². The van der Waals surface area contributed by atoms with E-state index < -0.39 is 0 Å². The summed E-state index contributed by atoms with van der Waals surface area (Å²) in [5.41, 5.74) is 1.62. The highest BCUT2D eigenvalue weighted by molar-refractivity contribution is 6.30. The molecule has 0 radical (unpaired) electrons. The Morgan fingerprint density at radius 1 is 1.17 bits per heavy atom. The predicted octanol–water partition coefficient (Wildman–Crippen LogP) is 3.25. The molecule has 0 amide bonds. The van der Waals surface area contributed by atoms with E-state index in [0.29, 0.717) is 0 Å². The van der Waals surface area contributed by atoms with Crippen LogP contribution < -0.4 is 10.6 Å². The van der Waals surface area contributed by atoms with E-state index in [2.05, 4.69) is 29.8 Å². The van der Waals surface area contributed by atoms with Gasteiger partial charge in [-0.1, -0.05) is 37.6 Å². The highest BCUT2D eigenvalue weighted by atomic mass is 35.5. The third kappa shape index (κ3) is 4.27. The molecule has 0 spiro atoms. The minimum atomic E-state index is 0.263. The summed E-state index contributed by atoms with van der Waals surface area (Å²) >= 11 is 5.90. The van der Waals surface area contributed by atoms with Crippen molar-refractivity contribution in [3.63, 3.8) is 0 Å². The van der Waals surface area contributed by atoms with Crippen molar-refractivity contribution in [2.45, 2.75) is 38.6 Å². The SMILES string of the molecule is CC.CNC1(Cc2ccc(Cl)cc2)CCNCC1. The van der Waals surface area contributed by atoms with Gasteiger partial charge in [0.15, 0.2) is 0 Å². The van der Waals surface area contributed by atoms with E-state index in [-0.39, 0.29) is 5.54 Å². The number of likely N-dealkylation sites (N-methyl/N-ethyl adjacent to an activating group) is 1. The molecule has 3 heteroatoms. The second-order valence-electron chi connectivity index (χ2n) is 4.58. The summed E-state index contributed by atoms with van der Waals surface area (Å²) in [6, 6.07) is 8.20. The molecule has 0 saturated carbocycles. The van der Waals surface area contributed by atoms with E-state index in [4.69, 9.17) is 11.6 Å². The van der Waals surface area contributed by atoms with Gasteiger partial charge in [-0.05, 0) is 57.1 Å². The Kier molecular flexibility index (Phi) is 6.69. The lowest BCUT2D eigenvalue weighted by molar-refractivity contribution is 0.257. The molecule has 0 unspecified atom stereocenters. The van der Waals surface area contributed by atoms with E-state index in [1.54, 1.807) is 0 Å². The van der Waals surface area contributed by atoms with Crippen LogP contribution in [0.15, 0.2) is 24.3 Å². The average Bonchev–Trinajstić information content (AvgIpc) is 2.45. The summed E-state index contributed by atoms with van der Waals surface area (Å²) < 4.78 is 0. The van der Waals surface area contributed by atoms with Gasteiger partial charge in [0.1, 0.15) is 0 Å². The van der Waals surface area contributed by atoms with Gasteiger partial charge in [0.05, 0.1) is 0 Å². The van der Waals surface area contributed by atoms with Crippen LogP contribution in [0, 0.1) is 0 Å². The van der Waals surface area contributed by atoms with Crippen molar-refractivity contribution in [3.05, 3.63) is 34.9 Å². The van der Waals surface area contributed by atoms with Gasteiger partial charge in [0, 0.05) is 10.6 Å². The summed E-state index contributed by atoms with van der Waals surface area (Å²) in [7, 11) is 2.07. The maximum absolute atomic E-state index is 5.90. The van der Waals surface area contributed by atoms with Crippen molar-refractivity contribution in [2.24, 2.45) is 0 Å². The van der Waals surface area contributed by atoms with Crippen LogP contribution >= 0.6 is 11.6 Å². The van der Waals surface area contributed by atoms with Gasteiger partial charge in [-0.2, -0.15) is 0 Å². The molecule has 1 fully saturated rings. The molecular weight excluding hydrogens is 244 g/mol. The minimum Gasteiger partial charge on any atom is -0.317 e. The van der Waals surface area contributed by atoms with Crippen molar-refractivity contribution >= 4 is 11.6 Å². The molecule has 0 aromatic heterocycles. The number of halogens is 1. The number of piperidine rings is 1. The molecule has 2 rings (SSSR count). The zero-order valence-corrected chi connectivity index (χ0v) is 12.5. The molecule has 0 bridgehead atoms. The Labute approximate surface area is 116 Å². The topological polar surface area (TPSA) is 24.1 Å². The van der Waals surface area contributed by atoms with E-state index in [0.717, 1.165) is 24.5 Å². The van der Waals surface area contributed by atoms with Crippen LogP contribution in [0.4, 0.5) is 0 Å². The first-order valence-corrected chi connectivity index (χ1v) is 7.26. The van der Waals surface area contributed by atoms with Crippen LogP contribution in [0.1, 0.15) is 32.3 Å². The smallest absolute Gasteiger partial charge is 0.0406 e. The maximum Gasteiger partial charge on any atom is 0.0406 e. The van der Waals surface area contributed by atoms with E-state index in [1.165, 1.54) is 18.4 Å². The van der Waals surface area contributed by atoms with E-state index in [1.807, 2.05) is 26.0 Å². The fourth-order valence-electron chi connectivity index (χ4n) is 2.41. The maximum atomic E-state index is 5.90. The molecule has 18 heavy (non-hydrogen) atoms. The lowest BCUT2D eigenvalue weighted by Gasteiger charge is -2.37. The number of nitrogens with one attached hydrogen (secondary N) is 2. The van der Waals surface area contributed by atoms with E-state index in [9.17, 15) is 0 Å². The Morgan fingerprint density at radius 3 is 2.22 bits per heavy atom. The summed E-state index contributed by atoms with van der Waals surface area (Å²) in [4.78, 5) is 0. The van der Waals surface area contributed by atoms with Gasteiger partial charge in [-0.15, -0.1) is 0 Å². The molecular formula is C15H25ClN2. The fraction of sp³-hybridized carbons (Fsp3) is 0.600. The summed E-state index contributed by atoms with van der Waals surface area (Å²) in [5.74, 6) is 0. The average molecular weight is 269 g/mol. The first-order chi connectivity index (χ1) is 8.74. The Morgan fingerprint density at radius 2 is 1.72 bits per heavy atom. The first-order valence-electron chi connectivity index (χ1n) is 6.88. The zero-order valence-electron chi connectivity index (χ0n) is 11.7. The third-order valence-electron chi connectivity index (χ3n) is 3.55. The van der Waals surface area contributed by atoms with Crippen LogP contribution in [0.25, 0.3) is 0 Å². The summed E-state index contributed by atoms with van der Waals surface area (Å²) in [6.45, 7) is 6.21. The fourth-order valence-corrected chi connectivity index (χ4v) is 2.54.